The summed E-state index contributed by atoms with van der Waals surface area (Å²) in [5.74, 6) is 0. The molecule has 60 valence electrons. The van der Waals surface area contributed by atoms with Crippen LogP contribution in [0.25, 0.3) is 0 Å². The first-order valence-corrected chi connectivity index (χ1v) is 5.24. The minimum atomic E-state index is 1.23. The van der Waals surface area contributed by atoms with Gasteiger partial charge < -0.3 is 0 Å². The van der Waals surface area contributed by atoms with Crippen molar-refractivity contribution in [3.8, 4) is 0 Å². The lowest BCUT2D eigenvalue weighted by Gasteiger charge is -2.23. The number of hydrogen-bond donors (Lipinski definition) is 0. The highest BCUT2D eigenvalue weighted by Crippen LogP contribution is 2.38. The lowest BCUT2D eigenvalue weighted by molar-refractivity contribution is 0.664. The van der Waals surface area contributed by atoms with Crippen LogP contribution in [0.3, 0.4) is 0 Å². The second kappa shape index (κ2) is 3.14. The van der Waals surface area contributed by atoms with Crippen LogP contribution in [0.15, 0.2) is 21.7 Å². The Morgan fingerprint density at radius 2 is 1.91 bits per heavy atom. The SMILES string of the molecule is BrC1=C2CCCCC2=CCC1. The van der Waals surface area contributed by atoms with Crippen LogP contribution in [0, 0.1) is 0 Å². The molecule has 1 heteroatoms. The Kier molecular flexibility index (Phi) is 2.17. The first kappa shape index (κ1) is 7.60. The fourth-order valence-corrected chi connectivity index (χ4v) is 2.67. The van der Waals surface area contributed by atoms with E-state index in [1.54, 1.807) is 11.1 Å². The molecule has 0 bridgehead atoms. The van der Waals surface area contributed by atoms with E-state index in [1.165, 1.54) is 43.0 Å². The molecule has 0 aromatic rings. The minimum Gasteiger partial charge on any atom is -0.0807 e. The monoisotopic (exact) mass is 212 g/mol. The third-order valence-electron chi connectivity index (χ3n) is 2.59. The van der Waals surface area contributed by atoms with Crippen molar-refractivity contribution in [2.24, 2.45) is 0 Å². The Morgan fingerprint density at radius 3 is 2.73 bits per heavy atom. The molecular formula is C10H13Br. The van der Waals surface area contributed by atoms with Gasteiger partial charge in [-0.05, 0) is 54.2 Å². The van der Waals surface area contributed by atoms with E-state index >= 15 is 0 Å². The van der Waals surface area contributed by atoms with Crippen LogP contribution < -0.4 is 0 Å². The molecule has 0 saturated heterocycles. The average molecular weight is 213 g/mol. The highest BCUT2D eigenvalue weighted by Gasteiger charge is 2.17. The zero-order chi connectivity index (χ0) is 7.68. The van der Waals surface area contributed by atoms with Crippen LogP contribution in [0.4, 0.5) is 0 Å². The number of hydrogen-bond acceptors (Lipinski definition) is 0. The summed E-state index contributed by atoms with van der Waals surface area (Å²) in [6.07, 6.45) is 10.3. The molecule has 0 atom stereocenters. The van der Waals surface area contributed by atoms with Gasteiger partial charge in [0, 0.05) is 0 Å². The van der Waals surface area contributed by atoms with Crippen molar-refractivity contribution >= 4 is 15.9 Å². The molecule has 0 nitrogen and oxygen atoms in total. The van der Waals surface area contributed by atoms with Gasteiger partial charge in [0.15, 0.2) is 0 Å². The number of allylic oxidation sites excluding steroid dienone is 4. The van der Waals surface area contributed by atoms with Crippen LogP contribution in [-0.2, 0) is 0 Å². The molecule has 2 aliphatic carbocycles. The van der Waals surface area contributed by atoms with Gasteiger partial charge >= 0.3 is 0 Å². The molecule has 0 unspecified atom stereocenters. The van der Waals surface area contributed by atoms with Crippen LogP contribution in [0.1, 0.15) is 38.5 Å². The zero-order valence-electron chi connectivity index (χ0n) is 6.70. The van der Waals surface area contributed by atoms with Gasteiger partial charge in [0.05, 0.1) is 0 Å². The van der Waals surface area contributed by atoms with E-state index in [-0.39, 0.29) is 0 Å². The summed E-state index contributed by atoms with van der Waals surface area (Å²) in [5.41, 5.74) is 3.26. The summed E-state index contributed by atoms with van der Waals surface area (Å²) < 4.78 is 1.48. The predicted molar refractivity (Wildman–Crippen MR) is 51.7 cm³/mol. The lowest BCUT2D eigenvalue weighted by atomic mass is 9.85. The molecule has 2 rings (SSSR count). The molecule has 0 spiro atoms. The van der Waals surface area contributed by atoms with Gasteiger partial charge in [0.1, 0.15) is 0 Å². The Balaban J connectivity index is 2.29. The third-order valence-corrected chi connectivity index (χ3v) is 3.47. The second-order valence-electron chi connectivity index (χ2n) is 3.36. The van der Waals surface area contributed by atoms with E-state index in [4.69, 9.17) is 0 Å². The Labute approximate surface area is 76.5 Å². The van der Waals surface area contributed by atoms with E-state index in [2.05, 4.69) is 22.0 Å². The number of rotatable bonds is 0. The van der Waals surface area contributed by atoms with E-state index in [0.29, 0.717) is 0 Å². The maximum Gasteiger partial charge on any atom is -0.00117 e. The summed E-state index contributed by atoms with van der Waals surface area (Å²) in [6, 6.07) is 0. The van der Waals surface area contributed by atoms with Crippen LogP contribution >= 0.6 is 15.9 Å². The predicted octanol–water partition coefficient (Wildman–Crippen LogP) is 3.93. The quantitative estimate of drug-likeness (QED) is 0.571. The Bertz CT molecular complexity index is 223. The van der Waals surface area contributed by atoms with E-state index in [1.807, 2.05) is 0 Å². The largest absolute Gasteiger partial charge is 0.0807 e. The van der Waals surface area contributed by atoms with Gasteiger partial charge in [-0.2, -0.15) is 0 Å². The van der Waals surface area contributed by atoms with Gasteiger partial charge in [0.25, 0.3) is 0 Å². The van der Waals surface area contributed by atoms with Crippen molar-refractivity contribution in [1.29, 1.82) is 0 Å². The molecule has 0 aliphatic heterocycles. The van der Waals surface area contributed by atoms with Gasteiger partial charge in [-0.1, -0.05) is 22.0 Å². The second-order valence-corrected chi connectivity index (χ2v) is 4.32. The van der Waals surface area contributed by atoms with Crippen molar-refractivity contribution < 1.29 is 0 Å². The van der Waals surface area contributed by atoms with Gasteiger partial charge in [-0.3, -0.25) is 0 Å². The van der Waals surface area contributed by atoms with Gasteiger partial charge in [-0.25, -0.2) is 0 Å². The molecule has 0 radical (unpaired) electrons. The number of fused-ring (bicyclic) bond motifs is 1. The Morgan fingerprint density at radius 1 is 1.09 bits per heavy atom. The highest BCUT2D eigenvalue weighted by atomic mass is 79.9. The molecule has 0 heterocycles. The fraction of sp³-hybridized carbons (Fsp3) is 0.600. The maximum absolute atomic E-state index is 3.67. The lowest BCUT2D eigenvalue weighted by Crippen LogP contribution is -2.03. The van der Waals surface area contributed by atoms with E-state index in [0.717, 1.165) is 0 Å². The summed E-state index contributed by atoms with van der Waals surface area (Å²) in [4.78, 5) is 0. The van der Waals surface area contributed by atoms with Crippen LogP contribution in [-0.4, -0.2) is 0 Å². The normalized spacial score (nSPS) is 24.6. The molecule has 2 aliphatic rings. The van der Waals surface area contributed by atoms with Crippen LogP contribution in [0.2, 0.25) is 0 Å². The maximum atomic E-state index is 3.67. The molecule has 0 amide bonds. The highest BCUT2D eigenvalue weighted by molar-refractivity contribution is 9.11. The van der Waals surface area contributed by atoms with Crippen molar-refractivity contribution in [2.75, 3.05) is 0 Å². The summed E-state index contributed by atoms with van der Waals surface area (Å²) in [5, 5.41) is 0. The average Bonchev–Trinajstić information content (AvgIpc) is 2.06. The van der Waals surface area contributed by atoms with Crippen LogP contribution in [0.5, 0.6) is 0 Å². The first-order chi connectivity index (χ1) is 5.38. The summed E-state index contributed by atoms with van der Waals surface area (Å²) in [7, 11) is 0. The smallest absolute Gasteiger partial charge is 0.00117 e. The van der Waals surface area contributed by atoms with Gasteiger partial charge in [0.2, 0.25) is 0 Å². The van der Waals surface area contributed by atoms with Crippen molar-refractivity contribution in [3.05, 3.63) is 21.7 Å². The standard InChI is InChI=1S/C10H13Br/c11-10-7-3-5-8-4-1-2-6-9(8)10/h5H,1-4,6-7H2. The number of halogens is 1. The molecular weight excluding hydrogens is 200 g/mol. The van der Waals surface area contributed by atoms with E-state index in [9.17, 15) is 0 Å². The van der Waals surface area contributed by atoms with E-state index < -0.39 is 0 Å². The first-order valence-electron chi connectivity index (χ1n) is 4.45. The zero-order valence-corrected chi connectivity index (χ0v) is 8.28. The van der Waals surface area contributed by atoms with Crippen molar-refractivity contribution in [3.63, 3.8) is 0 Å². The molecule has 1 fully saturated rings. The molecule has 1 saturated carbocycles. The molecule has 0 aromatic carbocycles. The molecule has 0 aromatic heterocycles. The van der Waals surface area contributed by atoms with Crippen molar-refractivity contribution in [2.45, 2.75) is 38.5 Å². The van der Waals surface area contributed by atoms with Crippen molar-refractivity contribution in [1.82, 2.24) is 0 Å². The molecule has 11 heavy (non-hydrogen) atoms. The summed E-state index contributed by atoms with van der Waals surface area (Å²) >= 11 is 3.67. The summed E-state index contributed by atoms with van der Waals surface area (Å²) in [6.45, 7) is 0. The van der Waals surface area contributed by atoms with Gasteiger partial charge in [-0.15, -0.1) is 0 Å². The topological polar surface area (TPSA) is 0 Å². The third kappa shape index (κ3) is 1.44. The Hall–Kier alpha value is -0.0400. The minimum absolute atomic E-state index is 1.23. The molecule has 0 N–H and O–H groups in total. The fourth-order valence-electron chi connectivity index (χ4n) is 1.99.